The Kier molecular flexibility index (Phi) is 3.75. The van der Waals surface area contributed by atoms with Crippen LogP contribution in [-0.4, -0.2) is 5.78 Å². The number of rotatable bonds is 3. The van der Waals surface area contributed by atoms with Gasteiger partial charge in [0, 0.05) is 16.5 Å². The van der Waals surface area contributed by atoms with Gasteiger partial charge < -0.3 is 0 Å². The quantitative estimate of drug-likeness (QED) is 0.775. The molecule has 2 rings (SSSR count). The first-order valence-corrected chi connectivity index (χ1v) is 6.29. The Morgan fingerprint density at radius 3 is 2.35 bits per heavy atom. The fraction of sp³-hybridized carbons (Fsp3) is 0.133. The zero-order valence-electron chi connectivity index (χ0n) is 9.61. The Morgan fingerprint density at radius 2 is 1.71 bits per heavy atom. The summed E-state index contributed by atoms with van der Waals surface area (Å²) in [5.74, 6) is 0.172. The van der Waals surface area contributed by atoms with Crippen LogP contribution in [0.4, 0.5) is 0 Å². The van der Waals surface area contributed by atoms with Crippen LogP contribution in [0.2, 0.25) is 0 Å². The first-order valence-electron chi connectivity index (χ1n) is 5.50. The summed E-state index contributed by atoms with van der Waals surface area (Å²) in [4.78, 5) is 12.1. The minimum absolute atomic E-state index is 0.172. The molecule has 0 unspecified atom stereocenters. The molecule has 2 aromatic carbocycles. The summed E-state index contributed by atoms with van der Waals surface area (Å²) in [5.41, 5.74) is 2.89. The molecular weight excluding hydrogens is 276 g/mol. The molecule has 0 amide bonds. The van der Waals surface area contributed by atoms with E-state index in [4.69, 9.17) is 0 Å². The minimum Gasteiger partial charge on any atom is -0.294 e. The Morgan fingerprint density at radius 1 is 1.06 bits per heavy atom. The Balaban J connectivity index is 2.17. The third-order valence-corrected chi connectivity index (χ3v) is 3.25. The van der Waals surface area contributed by atoms with Crippen molar-refractivity contribution < 1.29 is 4.79 Å². The van der Waals surface area contributed by atoms with Crippen LogP contribution in [0.1, 0.15) is 21.5 Å². The van der Waals surface area contributed by atoms with Gasteiger partial charge in [-0.2, -0.15) is 0 Å². The Bertz CT molecular complexity index is 529. The van der Waals surface area contributed by atoms with Gasteiger partial charge in [0.1, 0.15) is 0 Å². The van der Waals surface area contributed by atoms with E-state index in [2.05, 4.69) is 15.9 Å². The van der Waals surface area contributed by atoms with Crippen LogP contribution in [0.5, 0.6) is 0 Å². The van der Waals surface area contributed by atoms with Crippen molar-refractivity contribution in [3.05, 3.63) is 69.7 Å². The van der Waals surface area contributed by atoms with Gasteiger partial charge in [0.25, 0.3) is 0 Å². The molecule has 0 saturated heterocycles. The Labute approximate surface area is 110 Å². The summed E-state index contributed by atoms with van der Waals surface area (Å²) in [7, 11) is 0. The van der Waals surface area contributed by atoms with E-state index >= 15 is 0 Å². The molecule has 2 aromatic rings. The number of Topliss-reactive ketones (excluding diaryl/α,β-unsaturated/α-hetero) is 1. The number of halogens is 1. The topological polar surface area (TPSA) is 17.1 Å². The summed E-state index contributed by atoms with van der Waals surface area (Å²) in [6.45, 7) is 1.97. The van der Waals surface area contributed by atoms with Crippen LogP contribution in [0, 0.1) is 6.92 Å². The summed E-state index contributed by atoms with van der Waals surface area (Å²) in [6, 6.07) is 15.6. The molecule has 2 heteroatoms. The van der Waals surface area contributed by atoms with Crippen molar-refractivity contribution >= 4 is 21.7 Å². The molecule has 0 spiro atoms. The van der Waals surface area contributed by atoms with E-state index < -0.39 is 0 Å². The molecule has 0 N–H and O–H groups in total. The molecule has 0 aliphatic heterocycles. The lowest BCUT2D eigenvalue weighted by Crippen LogP contribution is -2.05. The fourth-order valence-corrected chi connectivity index (χ4v) is 2.03. The van der Waals surface area contributed by atoms with Crippen molar-refractivity contribution in [3.8, 4) is 0 Å². The van der Waals surface area contributed by atoms with E-state index in [1.165, 1.54) is 0 Å². The van der Waals surface area contributed by atoms with Gasteiger partial charge in [-0.3, -0.25) is 4.79 Å². The van der Waals surface area contributed by atoms with Crippen LogP contribution in [-0.2, 0) is 6.42 Å². The normalized spacial score (nSPS) is 10.2. The van der Waals surface area contributed by atoms with E-state index in [-0.39, 0.29) is 5.78 Å². The zero-order valence-corrected chi connectivity index (χ0v) is 11.2. The highest BCUT2D eigenvalue weighted by molar-refractivity contribution is 9.10. The third-order valence-electron chi connectivity index (χ3n) is 2.72. The van der Waals surface area contributed by atoms with Gasteiger partial charge in [0.2, 0.25) is 0 Å². The number of hydrogen-bond donors (Lipinski definition) is 0. The SMILES string of the molecule is Cc1ccccc1C(=O)Cc1ccc(Br)cc1. The Hall–Kier alpha value is -1.41. The van der Waals surface area contributed by atoms with Crippen LogP contribution >= 0.6 is 15.9 Å². The number of carbonyl (C=O) groups excluding carboxylic acids is 1. The highest BCUT2D eigenvalue weighted by Gasteiger charge is 2.08. The standard InChI is InChI=1S/C15H13BrO/c1-11-4-2-3-5-14(11)15(17)10-12-6-8-13(16)9-7-12/h2-9H,10H2,1H3. The average Bonchev–Trinajstić information content (AvgIpc) is 2.32. The smallest absolute Gasteiger partial charge is 0.167 e. The van der Waals surface area contributed by atoms with Crippen molar-refractivity contribution in [1.82, 2.24) is 0 Å². The molecule has 0 heterocycles. The van der Waals surface area contributed by atoms with Gasteiger partial charge >= 0.3 is 0 Å². The first-order chi connectivity index (χ1) is 8.16. The number of hydrogen-bond acceptors (Lipinski definition) is 1. The average molecular weight is 289 g/mol. The second kappa shape index (κ2) is 5.28. The van der Waals surface area contributed by atoms with Crippen molar-refractivity contribution in [2.24, 2.45) is 0 Å². The predicted molar refractivity (Wildman–Crippen MR) is 73.4 cm³/mol. The van der Waals surface area contributed by atoms with Crippen molar-refractivity contribution in [3.63, 3.8) is 0 Å². The monoisotopic (exact) mass is 288 g/mol. The zero-order chi connectivity index (χ0) is 12.3. The van der Waals surface area contributed by atoms with Gasteiger partial charge in [0.15, 0.2) is 5.78 Å². The van der Waals surface area contributed by atoms with Gasteiger partial charge in [-0.05, 0) is 30.2 Å². The van der Waals surface area contributed by atoms with Gasteiger partial charge in [-0.25, -0.2) is 0 Å². The van der Waals surface area contributed by atoms with E-state index in [1.807, 2.05) is 55.5 Å². The summed E-state index contributed by atoms with van der Waals surface area (Å²) < 4.78 is 1.03. The molecular formula is C15H13BrO. The van der Waals surface area contributed by atoms with Crippen LogP contribution in [0.15, 0.2) is 53.0 Å². The molecule has 0 aromatic heterocycles. The van der Waals surface area contributed by atoms with Crippen molar-refractivity contribution in [1.29, 1.82) is 0 Å². The first kappa shape index (κ1) is 12.1. The maximum Gasteiger partial charge on any atom is 0.167 e. The number of ketones is 1. The second-order valence-electron chi connectivity index (χ2n) is 4.04. The molecule has 0 radical (unpaired) electrons. The molecule has 0 fully saturated rings. The minimum atomic E-state index is 0.172. The fourth-order valence-electron chi connectivity index (χ4n) is 1.77. The lowest BCUT2D eigenvalue weighted by Gasteiger charge is -2.04. The largest absolute Gasteiger partial charge is 0.294 e. The summed E-state index contributed by atoms with van der Waals surface area (Å²) in [5, 5.41) is 0. The van der Waals surface area contributed by atoms with Gasteiger partial charge in [0.05, 0.1) is 0 Å². The molecule has 0 bridgehead atoms. The maximum atomic E-state index is 12.1. The maximum absolute atomic E-state index is 12.1. The lowest BCUT2D eigenvalue weighted by molar-refractivity contribution is 0.0992. The third kappa shape index (κ3) is 3.04. The molecule has 1 nitrogen and oxygen atoms in total. The molecule has 86 valence electrons. The summed E-state index contributed by atoms with van der Waals surface area (Å²) >= 11 is 3.38. The number of aryl methyl sites for hydroxylation is 1. The van der Waals surface area contributed by atoms with Crippen molar-refractivity contribution in [2.75, 3.05) is 0 Å². The number of carbonyl (C=O) groups is 1. The van der Waals surface area contributed by atoms with Crippen LogP contribution < -0.4 is 0 Å². The molecule has 0 aliphatic rings. The van der Waals surface area contributed by atoms with Crippen LogP contribution in [0.3, 0.4) is 0 Å². The molecule has 0 atom stereocenters. The highest BCUT2D eigenvalue weighted by Crippen LogP contribution is 2.14. The number of benzene rings is 2. The van der Waals surface area contributed by atoms with Gasteiger partial charge in [-0.15, -0.1) is 0 Å². The van der Waals surface area contributed by atoms with E-state index in [0.29, 0.717) is 6.42 Å². The summed E-state index contributed by atoms with van der Waals surface area (Å²) in [6.07, 6.45) is 0.456. The van der Waals surface area contributed by atoms with Gasteiger partial charge in [-0.1, -0.05) is 52.3 Å². The molecule has 17 heavy (non-hydrogen) atoms. The highest BCUT2D eigenvalue weighted by atomic mass is 79.9. The molecule has 0 saturated carbocycles. The molecule has 0 aliphatic carbocycles. The van der Waals surface area contributed by atoms with Crippen LogP contribution in [0.25, 0.3) is 0 Å². The van der Waals surface area contributed by atoms with E-state index in [0.717, 1.165) is 21.2 Å². The van der Waals surface area contributed by atoms with Crippen molar-refractivity contribution in [2.45, 2.75) is 13.3 Å². The second-order valence-corrected chi connectivity index (χ2v) is 4.96. The lowest BCUT2D eigenvalue weighted by atomic mass is 9.99. The predicted octanol–water partition coefficient (Wildman–Crippen LogP) is 4.18. The van der Waals surface area contributed by atoms with E-state index in [9.17, 15) is 4.79 Å². The van der Waals surface area contributed by atoms with E-state index in [1.54, 1.807) is 0 Å².